The lowest BCUT2D eigenvalue weighted by Gasteiger charge is -2.44. The molecule has 3 heterocycles. The Morgan fingerprint density at radius 3 is 2.53 bits per heavy atom. The number of ether oxygens (including phenoxy) is 1. The number of hydrogen-bond acceptors (Lipinski definition) is 4. The van der Waals surface area contributed by atoms with Gasteiger partial charge in [-0.05, 0) is 18.9 Å². The molecule has 0 aromatic carbocycles. The van der Waals surface area contributed by atoms with E-state index in [1.807, 2.05) is 4.90 Å². The van der Waals surface area contributed by atoms with Crippen LogP contribution in [-0.2, 0) is 10.9 Å². The number of carbonyl (C=O) groups is 1. The van der Waals surface area contributed by atoms with Crippen molar-refractivity contribution in [3.8, 4) is 0 Å². The lowest BCUT2D eigenvalue weighted by Crippen LogP contribution is -2.58. The smallest absolute Gasteiger partial charge is 0.355 e. The number of urea groups is 1. The van der Waals surface area contributed by atoms with Crippen LogP contribution in [0.2, 0.25) is 5.02 Å². The first kappa shape index (κ1) is 21.5. The zero-order valence-electron chi connectivity index (χ0n) is 16.7. The minimum atomic E-state index is -4.48. The molecule has 1 spiro atoms. The van der Waals surface area contributed by atoms with Crippen molar-refractivity contribution >= 4 is 23.4 Å². The van der Waals surface area contributed by atoms with Crippen molar-refractivity contribution in [1.29, 1.82) is 0 Å². The molecule has 1 saturated carbocycles. The molecule has 3 aliphatic rings. The van der Waals surface area contributed by atoms with Gasteiger partial charge in [0.25, 0.3) is 0 Å². The number of anilines is 1. The van der Waals surface area contributed by atoms with E-state index < -0.39 is 17.5 Å². The highest BCUT2D eigenvalue weighted by Gasteiger charge is 2.47. The molecule has 4 rings (SSSR count). The summed E-state index contributed by atoms with van der Waals surface area (Å²) in [6.07, 6.45) is 2.95. The number of amides is 2. The molecular formula is C20H26ClF3N4O2. The first-order valence-electron chi connectivity index (χ1n) is 10.5. The average Bonchev–Trinajstić information content (AvgIpc) is 3.12. The molecule has 1 N–H and O–H groups in total. The molecule has 6 nitrogen and oxygen atoms in total. The predicted octanol–water partition coefficient (Wildman–Crippen LogP) is 4.42. The molecule has 2 saturated heterocycles. The average molecular weight is 447 g/mol. The predicted molar refractivity (Wildman–Crippen MR) is 106 cm³/mol. The van der Waals surface area contributed by atoms with Gasteiger partial charge in [-0.2, -0.15) is 13.2 Å². The third kappa shape index (κ3) is 4.32. The molecule has 10 heteroatoms. The van der Waals surface area contributed by atoms with Crippen LogP contribution in [-0.4, -0.2) is 53.9 Å². The van der Waals surface area contributed by atoms with Crippen molar-refractivity contribution < 1.29 is 22.7 Å². The van der Waals surface area contributed by atoms with E-state index >= 15 is 0 Å². The Balaban J connectivity index is 1.41. The second kappa shape index (κ2) is 8.42. The number of nitrogens with one attached hydrogen (secondary N) is 1. The summed E-state index contributed by atoms with van der Waals surface area (Å²) >= 11 is 6.10. The Morgan fingerprint density at radius 2 is 1.90 bits per heavy atom. The summed E-state index contributed by atoms with van der Waals surface area (Å²) in [6, 6.07) is 1.04. The van der Waals surface area contributed by atoms with Crippen molar-refractivity contribution in [1.82, 2.24) is 15.2 Å². The fourth-order valence-electron chi connectivity index (χ4n) is 4.70. The first-order chi connectivity index (χ1) is 14.3. The van der Waals surface area contributed by atoms with Gasteiger partial charge in [0.1, 0.15) is 11.5 Å². The van der Waals surface area contributed by atoms with Crippen LogP contribution in [0, 0.1) is 0 Å². The van der Waals surface area contributed by atoms with Gasteiger partial charge < -0.3 is 15.0 Å². The standard InChI is InChI=1S/C20H26ClF3N4O2/c21-16-12-14(20(22,23)24)13-25-17(16)27-8-6-19(7-9-27)28(10-11-30-19)18(29)26-15-4-2-1-3-5-15/h12-13,15H,1-11H2,(H,26,29). The largest absolute Gasteiger partial charge is 0.417 e. The molecule has 0 radical (unpaired) electrons. The molecule has 30 heavy (non-hydrogen) atoms. The van der Waals surface area contributed by atoms with E-state index in [1.54, 1.807) is 4.90 Å². The van der Waals surface area contributed by atoms with E-state index in [-0.39, 0.29) is 17.1 Å². The van der Waals surface area contributed by atoms with Gasteiger partial charge in [-0.3, -0.25) is 4.90 Å². The highest BCUT2D eigenvalue weighted by molar-refractivity contribution is 6.33. The first-order valence-corrected chi connectivity index (χ1v) is 10.9. The number of rotatable bonds is 2. The van der Waals surface area contributed by atoms with Crippen LogP contribution in [0.1, 0.15) is 50.5 Å². The number of hydrogen-bond donors (Lipinski definition) is 1. The molecule has 0 atom stereocenters. The Hall–Kier alpha value is -1.74. The quantitative estimate of drug-likeness (QED) is 0.730. The SMILES string of the molecule is O=C(NC1CCCCC1)N1CCOC12CCN(c1ncc(C(F)(F)F)cc1Cl)CC2. The normalized spacial score (nSPS) is 22.5. The van der Waals surface area contributed by atoms with Crippen LogP contribution in [0.4, 0.5) is 23.8 Å². The van der Waals surface area contributed by atoms with Crippen molar-refractivity contribution in [3.05, 3.63) is 22.8 Å². The molecule has 1 aromatic rings. The molecule has 0 unspecified atom stereocenters. The van der Waals surface area contributed by atoms with Gasteiger partial charge in [0.2, 0.25) is 0 Å². The lowest BCUT2D eigenvalue weighted by atomic mass is 9.95. The van der Waals surface area contributed by atoms with Crippen LogP contribution < -0.4 is 10.2 Å². The third-order valence-corrected chi connectivity index (χ3v) is 6.63. The summed E-state index contributed by atoms with van der Waals surface area (Å²) in [4.78, 5) is 20.5. The zero-order valence-corrected chi connectivity index (χ0v) is 17.4. The lowest BCUT2D eigenvalue weighted by molar-refractivity contribution is -0.137. The Kier molecular flexibility index (Phi) is 6.03. The summed E-state index contributed by atoms with van der Waals surface area (Å²) < 4.78 is 44.6. The number of aromatic nitrogens is 1. The molecule has 0 bridgehead atoms. The number of nitrogens with zero attached hydrogens (tertiary/aromatic N) is 3. The number of piperidine rings is 1. The Bertz CT molecular complexity index is 778. The summed E-state index contributed by atoms with van der Waals surface area (Å²) in [5.74, 6) is 0.329. The highest BCUT2D eigenvalue weighted by Crippen LogP contribution is 2.38. The van der Waals surface area contributed by atoms with Gasteiger partial charge >= 0.3 is 12.2 Å². The topological polar surface area (TPSA) is 57.7 Å². The fourth-order valence-corrected chi connectivity index (χ4v) is 4.98. The maximum absolute atomic E-state index is 12.9. The monoisotopic (exact) mass is 446 g/mol. The van der Waals surface area contributed by atoms with Crippen molar-refractivity contribution in [3.63, 3.8) is 0 Å². The van der Waals surface area contributed by atoms with Gasteiger partial charge in [-0.1, -0.05) is 30.9 Å². The van der Waals surface area contributed by atoms with Crippen molar-refractivity contribution in [2.45, 2.75) is 62.9 Å². The summed E-state index contributed by atoms with van der Waals surface area (Å²) in [5.41, 5.74) is -1.54. The summed E-state index contributed by atoms with van der Waals surface area (Å²) in [7, 11) is 0. The second-order valence-electron chi connectivity index (χ2n) is 8.24. The van der Waals surface area contributed by atoms with Gasteiger partial charge in [0.05, 0.1) is 17.2 Å². The van der Waals surface area contributed by atoms with Crippen LogP contribution in [0.15, 0.2) is 12.3 Å². The fraction of sp³-hybridized carbons (Fsp3) is 0.700. The summed E-state index contributed by atoms with van der Waals surface area (Å²) in [6.45, 7) is 2.01. The number of carbonyl (C=O) groups excluding carboxylic acids is 1. The van der Waals surface area contributed by atoms with Crippen LogP contribution in [0.5, 0.6) is 0 Å². The number of pyridine rings is 1. The van der Waals surface area contributed by atoms with Crippen LogP contribution in [0.3, 0.4) is 0 Å². The molecule has 2 amide bonds. The maximum atomic E-state index is 12.9. The number of alkyl halides is 3. The molecule has 166 valence electrons. The minimum Gasteiger partial charge on any atom is -0.355 e. The molecule has 3 fully saturated rings. The summed E-state index contributed by atoms with van der Waals surface area (Å²) in [5, 5.41) is 3.13. The molecule has 1 aliphatic carbocycles. The minimum absolute atomic E-state index is 0.0278. The van der Waals surface area contributed by atoms with E-state index in [2.05, 4.69) is 10.3 Å². The molecule has 2 aliphatic heterocycles. The van der Waals surface area contributed by atoms with E-state index in [4.69, 9.17) is 16.3 Å². The maximum Gasteiger partial charge on any atom is 0.417 e. The van der Waals surface area contributed by atoms with Crippen LogP contribution in [0.25, 0.3) is 0 Å². The zero-order chi connectivity index (χ0) is 21.4. The van der Waals surface area contributed by atoms with Gasteiger partial charge in [-0.25, -0.2) is 9.78 Å². The highest BCUT2D eigenvalue weighted by atomic mass is 35.5. The Morgan fingerprint density at radius 1 is 1.20 bits per heavy atom. The van der Waals surface area contributed by atoms with E-state index in [0.29, 0.717) is 44.9 Å². The van der Waals surface area contributed by atoms with E-state index in [9.17, 15) is 18.0 Å². The second-order valence-corrected chi connectivity index (χ2v) is 8.65. The van der Waals surface area contributed by atoms with Gasteiger partial charge in [0.15, 0.2) is 0 Å². The third-order valence-electron chi connectivity index (χ3n) is 6.35. The Labute approximate surface area is 178 Å². The van der Waals surface area contributed by atoms with Crippen molar-refractivity contribution in [2.75, 3.05) is 31.1 Å². The van der Waals surface area contributed by atoms with Crippen LogP contribution >= 0.6 is 11.6 Å². The van der Waals surface area contributed by atoms with Crippen molar-refractivity contribution in [2.24, 2.45) is 0 Å². The van der Waals surface area contributed by atoms with Gasteiger partial charge in [-0.15, -0.1) is 0 Å². The van der Waals surface area contributed by atoms with Gasteiger partial charge in [0, 0.05) is 44.7 Å². The molecular weight excluding hydrogens is 421 g/mol. The van der Waals surface area contributed by atoms with E-state index in [1.165, 1.54) is 6.42 Å². The number of halogens is 4. The molecule has 1 aromatic heterocycles. The van der Waals surface area contributed by atoms with E-state index in [0.717, 1.165) is 37.9 Å².